The van der Waals surface area contributed by atoms with Gasteiger partial charge in [-0.15, -0.1) is 0 Å². The maximum Gasteiger partial charge on any atom is 0.417 e. The molecule has 12 heteroatoms. The van der Waals surface area contributed by atoms with E-state index in [1.54, 1.807) is 49.1 Å². The molecule has 0 bridgehead atoms. The average molecular weight is 580 g/mol. The van der Waals surface area contributed by atoms with Gasteiger partial charge in [0.1, 0.15) is 6.54 Å². The molecule has 39 heavy (non-hydrogen) atoms. The molecule has 1 fully saturated rings. The molecule has 3 aromatic carbocycles. The molecule has 0 atom stereocenters. The van der Waals surface area contributed by atoms with Gasteiger partial charge in [-0.3, -0.25) is 13.9 Å². The number of nitrogens with zero attached hydrogens (tertiary/aromatic N) is 2. The van der Waals surface area contributed by atoms with Gasteiger partial charge in [-0.1, -0.05) is 29.3 Å². The molecule has 1 aliphatic rings. The first-order chi connectivity index (χ1) is 18.3. The second-order valence-corrected chi connectivity index (χ2v) is 11.5. The van der Waals surface area contributed by atoms with Crippen LogP contribution >= 0.6 is 11.6 Å². The molecular weight excluding hydrogens is 555 g/mol. The molecule has 3 aromatic rings. The molecular formula is C27H25ClF3N3O4S. The van der Waals surface area contributed by atoms with Crippen molar-refractivity contribution in [3.05, 3.63) is 82.4 Å². The molecule has 1 N–H and O–H groups in total. The van der Waals surface area contributed by atoms with E-state index in [2.05, 4.69) is 5.32 Å². The highest BCUT2D eigenvalue weighted by molar-refractivity contribution is 7.92. The highest BCUT2D eigenvalue weighted by Crippen LogP contribution is 2.38. The van der Waals surface area contributed by atoms with Gasteiger partial charge in [-0.25, -0.2) is 8.42 Å². The topological polar surface area (TPSA) is 86.8 Å². The summed E-state index contributed by atoms with van der Waals surface area (Å²) >= 11 is 5.74. The minimum atomic E-state index is -4.84. The van der Waals surface area contributed by atoms with E-state index in [1.807, 2.05) is 0 Å². The molecule has 0 unspecified atom stereocenters. The van der Waals surface area contributed by atoms with Gasteiger partial charge < -0.3 is 10.2 Å². The molecule has 7 nitrogen and oxygen atoms in total. The van der Waals surface area contributed by atoms with Crippen molar-refractivity contribution in [1.29, 1.82) is 0 Å². The van der Waals surface area contributed by atoms with Crippen LogP contribution in [0.1, 0.15) is 29.5 Å². The summed E-state index contributed by atoms with van der Waals surface area (Å²) in [6, 6.07) is 13.3. The van der Waals surface area contributed by atoms with Gasteiger partial charge in [0.15, 0.2) is 0 Å². The summed E-state index contributed by atoms with van der Waals surface area (Å²) in [5, 5.41) is 2.00. The lowest BCUT2D eigenvalue weighted by molar-refractivity contribution is -0.137. The van der Waals surface area contributed by atoms with Crippen LogP contribution in [0.25, 0.3) is 0 Å². The zero-order valence-electron chi connectivity index (χ0n) is 21.0. The summed E-state index contributed by atoms with van der Waals surface area (Å²) < 4.78 is 68.4. The van der Waals surface area contributed by atoms with Crippen LogP contribution in [-0.2, 0) is 25.8 Å². The van der Waals surface area contributed by atoms with Crippen molar-refractivity contribution in [3.8, 4) is 0 Å². The number of amides is 2. The number of hydrogen-bond acceptors (Lipinski definition) is 4. The van der Waals surface area contributed by atoms with E-state index in [-0.39, 0.29) is 16.5 Å². The van der Waals surface area contributed by atoms with Crippen LogP contribution in [0.5, 0.6) is 0 Å². The normalized spacial score (nSPS) is 14.0. The molecule has 2 amide bonds. The standard InChI is InChI=1S/C27H25ClF3N3O4S/c1-17-5-9-21(10-6-17)39(37,38)34(20-8-11-23(28)22(15-20)27(29,30)31)16-25(35)32-19-7-12-24(18(2)14-19)33-13-3-4-26(33)36/h5-12,14-15H,3-4,13,16H2,1-2H3,(H,32,35). The van der Waals surface area contributed by atoms with Crippen LogP contribution < -0.4 is 14.5 Å². The fraction of sp³-hybridized carbons (Fsp3) is 0.259. The number of alkyl halides is 3. The van der Waals surface area contributed by atoms with Gasteiger partial charge in [0.05, 0.1) is 21.2 Å². The van der Waals surface area contributed by atoms with Crippen LogP contribution in [-0.4, -0.2) is 33.3 Å². The lowest BCUT2D eigenvalue weighted by atomic mass is 10.1. The van der Waals surface area contributed by atoms with E-state index in [0.717, 1.165) is 29.7 Å². The Kier molecular flexibility index (Phi) is 7.94. The molecule has 0 saturated carbocycles. The van der Waals surface area contributed by atoms with E-state index in [9.17, 15) is 31.2 Å². The Balaban J connectivity index is 1.66. The van der Waals surface area contributed by atoms with Crippen LogP contribution in [0.4, 0.5) is 30.2 Å². The first kappa shape index (κ1) is 28.4. The number of halogens is 4. The van der Waals surface area contributed by atoms with Gasteiger partial charge >= 0.3 is 6.18 Å². The number of aryl methyl sites for hydroxylation is 2. The average Bonchev–Trinajstić information content (AvgIpc) is 3.28. The molecule has 0 radical (unpaired) electrons. The van der Waals surface area contributed by atoms with E-state index < -0.39 is 39.2 Å². The first-order valence-electron chi connectivity index (χ1n) is 11.9. The zero-order chi connectivity index (χ0) is 28.5. The van der Waals surface area contributed by atoms with Crippen LogP contribution in [0, 0.1) is 13.8 Å². The Bertz CT molecular complexity index is 1530. The molecule has 4 rings (SSSR count). The molecule has 1 saturated heterocycles. The van der Waals surface area contributed by atoms with E-state index >= 15 is 0 Å². The summed E-state index contributed by atoms with van der Waals surface area (Å²) in [5.41, 5.74) is 0.946. The fourth-order valence-electron chi connectivity index (χ4n) is 4.31. The molecule has 206 valence electrons. The van der Waals surface area contributed by atoms with Gasteiger partial charge in [-0.05, 0) is 74.4 Å². The van der Waals surface area contributed by atoms with E-state index in [1.165, 1.54) is 12.1 Å². The summed E-state index contributed by atoms with van der Waals surface area (Å²) in [7, 11) is -4.45. The molecule has 1 aliphatic heterocycles. The highest BCUT2D eigenvalue weighted by Gasteiger charge is 2.35. The van der Waals surface area contributed by atoms with Crippen molar-refractivity contribution < 1.29 is 31.2 Å². The SMILES string of the molecule is Cc1ccc(S(=O)(=O)N(CC(=O)Nc2ccc(N3CCCC3=O)c(C)c2)c2ccc(Cl)c(C(F)(F)F)c2)cc1. The van der Waals surface area contributed by atoms with Crippen LogP contribution in [0.3, 0.4) is 0 Å². The van der Waals surface area contributed by atoms with Crippen molar-refractivity contribution in [2.45, 2.75) is 37.8 Å². The van der Waals surface area contributed by atoms with Gasteiger partial charge in [0.2, 0.25) is 11.8 Å². The number of carbonyl (C=O) groups is 2. The Morgan fingerprint density at radius 2 is 1.74 bits per heavy atom. The van der Waals surface area contributed by atoms with E-state index in [0.29, 0.717) is 34.7 Å². The van der Waals surface area contributed by atoms with Crippen LogP contribution in [0.2, 0.25) is 5.02 Å². The Morgan fingerprint density at radius 3 is 2.33 bits per heavy atom. The number of hydrogen-bond donors (Lipinski definition) is 1. The number of nitrogens with one attached hydrogen (secondary N) is 1. The predicted molar refractivity (Wildman–Crippen MR) is 144 cm³/mol. The Hall–Kier alpha value is -3.57. The van der Waals surface area contributed by atoms with Gasteiger partial charge in [-0.2, -0.15) is 13.2 Å². The number of sulfonamides is 1. The second-order valence-electron chi connectivity index (χ2n) is 9.19. The lowest BCUT2D eigenvalue weighted by Gasteiger charge is -2.25. The number of benzene rings is 3. The summed E-state index contributed by atoms with van der Waals surface area (Å²) in [4.78, 5) is 26.6. The number of carbonyl (C=O) groups excluding carboxylic acids is 2. The summed E-state index contributed by atoms with van der Waals surface area (Å²) in [5.74, 6) is -0.772. The zero-order valence-corrected chi connectivity index (χ0v) is 22.6. The third kappa shape index (κ3) is 6.20. The fourth-order valence-corrected chi connectivity index (χ4v) is 5.95. The third-order valence-corrected chi connectivity index (χ3v) is 8.40. The predicted octanol–water partition coefficient (Wildman–Crippen LogP) is 5.94. The number of rotatable bonds is 7. The Labute approximate surface area is 229 Å². The second kappa shape index (κ2) is 10.9. The van der Waals surface area contributed by atoms with Gasteiger partial charge in [0.25, 0.3) is 10.0 Å². The summed E-state index contributed by atoms with van der Waals surface area (Å²) in [6.45, 7) is 3.32. The van der Waals surface area contributed by atoms with Crippen molar-refractivity contribution in [3.63, 3.8) is 0 Å². The largest absolute Gasteiger partial charge is 0.417 e. The minimum Gasteiger partial charge on any atom is -0.325 e. The monoisotopic (exact) mass is 579 g/mol. The van der Waals surface area contributed by atoms with Crippen molar-refractivity contribution >= 4 is 50.5 Å². The quantitative estimate of drug-likeness (QED) is 0.375. The molecule has 0 spiro atoms. The lowest BCUT2D eigenvalue weighted by Crippen LogP contribution is -2.38. The Morgan fingerprint density at radius 1 is 1.05 bits per heavy atom. The maximum absolute atomic E-state index is 13.6. The molecule has 0 aliphatic carbocycles. The number of anilines is 3. The molecule has 1 heterocycles. The smallest absolute Gasteiger partial charge is 0.325 e. The van der Waals surface area contributed by atoms with Gasteiger partial charge in [0, 0.05) is 24.3 Å². The molecule has 0 aromatic heterocycles. The van der Waals surface area contributed by atoms with Crippen molar-refractivity contribution in [2.75, 3.05) is 27.6 Å². The maximum atomic E-state index is 13.6. The summed E-state index contributed by atoms with van der Waals surface area (Å²) in [6.07, 6.45) is -3.63. The van der Waals surface area contributed by atoms with Crippen molar-refractivity contribution in [2.24, 2.45) is 0 Å². The van der Waals surface area contributed by atoms with Crippen LogP contribution in [0.15, 0.2) is 65.6 Å². The van der Waals surface area contributed by atoms with E-state index in [4.69, 9.17) is 11.6 Å². The highest BCUT2D eigenvalue weighted by atomic mass is 35.5. The third-order valence-electron chi connectivity index (χ3n) is 6.28. The first-order valence-corrected chi connectivity index (χ1v) is 13.8. The van der Waals surface area contributed by atoms with Crippen molar-refractivity contribution in [1.82, 2.24) is 0 Å². The minimum absolute atomic E-state index is 0.00744.